The maximum atomic E-state index is 13.8. The molecule has 1 aromatic rings. The van der Waals surface area contributed by atoms with Crippen molar-refractivity contribution < 1.29 is 18.7 Å². The summed E-state index contributed by atoms with van der Waals surface area (Å²) < 4.78 is 27.7. The van der Waals surface area contributed by atoms with Gasteiger partial charge in [0.05, 0.1) is 0 Å². The topological polar surface area (TPSA) is 64.6 Å². The van der Waals surface area contributed by atoms with Crippen LogP contribution in [-0.2, 0) is 6.54 Å². The smallest absolute Gasteiger partial charge is 0.315 e. The molecule has 1 aliphatic heterocycles. The van der Waals surface area contributed by atoms with Crippen LogP contribution in [-0.4, -0.2) is 48.3 Å². The molecule has 1 aliphatic carbocycles. The van der Waals surface area contributed by atoms with Crippen LogP contribution in [0.25, 0.3) is 0 Å². The van der Waals surface area contributed by atoms with E-state index in [1.54, 1.807) is 0 Å². The predicted octanol–water partition coefficient (Wildman–Crippen LogP) is 2.39. The summed E-state index contributed by atoms with van der Waals surface area (Å²) in [6, 6.07) is 3.66. The second kappa shape index (κ2) is 8.31. The Labute approximate surface area is 152 Å². The molecule has 0 spiro atoms. The van der Waals surface area contributed by atoms with Crippen LogP contribution in [0.2, 0.25) is 0 Å². The molecule has 5 nitrogen and oxygen atoms in total. The quantitative estimate of drug-likeness (QED) is 0.693. The number of halogens is 2. The van der Waals surface area contributed by atoms with Gasteiger partial charge in [-0.1, -0.05) is 6.07 Å². The average molecular weight is 367 g/mol. The average Bonchev–Trinajstić information content (AvgIpc) is 3.37. The van der Waals surface area contributed by atoms with E-state index < -0.39 is 11.6 Å². The molecule has 1 heterocycles. The van der Waals surface area contributed by atoms with Gasteiger partial charge >= 0.3 is 6.03 Å². The lowest BCUT2D eigenvalue weighted by molar-refractivity contribution is 0.175. The number of piperidine rings is 1. The highest BCUT2D eigenvalue weighted by atomic mass is 19.1. The summed E-state index contributed by atoms with van der Waals surface area (Å²) in [5.74, 6) is -1.06. The van der Waals surface area contributed by atoms with Crippen molar-refractivity contribution >= 4 is 6.03 Å². The van der Waals surface area contributed by atoms with Gasteiger partial charge in [0, 0.05) is 37.8 Å². The first kappa shape index (κ1) is 19.0. The number of nitrogens with one attached hydrogen (secondary N) is 2. The van der Waals surface area contributed by atoms with Crippen LogP contribution in [0, 0.1) is 17.0 Å². The lowest BCUT2D eigenvalue weighted by Gasteiger charge is -2.33. The lowest BCUT2D eigenvalue weighted by atomic mass is 10.0. The number of amides is 2. The summed E-state index contributed by atoms with van der Waals surface area (Å²) in [6.07, 6.45) is 4.53. The number of aliphatic hydroxyl groups excluding tert-OH is 1. The Morgan fingerprint density at radius 2 is 2.04 bits per heavy atom. The van der Waals surface area contributed by atoms with Crippen molar-refractivity contribution in [1.29, 1.82) is 0 Å². The number of carbonyl (C=O) groups excluding carboxylic acids is 1. The van der Waals surface area contributed by atoms with Crippen molar-refractivity contribution in [1.82, 2.24) is 15.5 Å². The van der Waals surface area contributed by atoms with Gasteiger partial charge in [0.15, 0.2) is 0 Å². The van der Waals surface area contributed by atoms with E-state index in [0.717, 1.165) is 38.6 Å². The highest BCUT2D eigenvalue weighted by molar-refractivity contribution is 5.74. The number of hydrogen-bond acceptors (Lipinski definition) is 3. The lowest BCUT2D eigenvalue weighted by Crippen LogP contribution is -2.51. The van der Waals surface area contributed by atoms with Crippen LogP contribution in [0.4, 0.5) is 13.6 Å². The summed E-state index contributed by atoms with van der Waals surface area (Å²) in [7, 11) is 0. The number of carbonyl (C=O) groups is 1. The minimum absolute atomic E-state index is 0.0356. The van der Waals surface area contributed by atoms with Gasteiger partial charge in [-0.25, -0.2) is 13.6 Å². The molecular formula is C19H27F2N3O2. The van der Waals surface area contributed by atoms with E-state index in [1.165, 1.54) is 18.2 Å². The van der Waals surface area contributed by atoms with E-state index in [-0.39, 0.29) is 36.2 Å². The number of urea groups is 1. The molecule has 1 saturated heterocycles. The first-order valence-electron chi connectivity index (χ1n) is 9.32. The molecule has 3 rings (SSSR count). The van der Waals surface area contributed by atoms with Gasteiger partial charge in [-0.3, -0.25) is 4.90 Å². The van der Waals surface area contributed by atoms with E-state index in [9.17, 15) is 13.6 Å². The predicted molar refractivity (Wildman–Crippen MR) is 94.6 cm³/mol. The van der Waals surface area contributed by atoms with E-state index >= 15 is 0 Å². The number of hydrogen-bond donors (Lipinski definition) is 3. The molecule has 7 heteroatoms. The molecule has 1 unspecified atom stereocenters. The van der Waals surface area contributed by atoms with E-state index in [1.807, 2.05) is 4.90 Å². The fourth-order valence-electron chi connectivity index (χ4n) is 3.66. The summed E-state index contributed by atoms with van der Waals surface area (Å²) >= 11 is 0. The van der Waals surface area contributed by atoms with Gasteiger partial charge in [0.25, 0.3) is 0 Å². The monoisotopic (exact) mass is 367 g/mol. The van der Waals surface area contributed by atoms with Crippen LogP contribution in [0.3, 0.4) is 0 Å². The molecule has 26 heavy (non-hydrogen) atoms. The van der Waals surface area contributed by atoms with Crippen molar-refractivity contribution in [3.8, 4) is 0 Å². The van der Waals surface area contributed by atoms with Gasteiger partial charge in [0.2, 0.25) is 0 Å². The minimum atomic E-state index is -0.531. The zero-order chi connectivity index (χ0) is 18.6. The third-order valence-corrected chi connectivity index (χ3v) is 5.51. The highest BCUT2D eigenvalue weighted by Gasteiger charge is 2.42. The molecule has 0 aromatic heterocycles. The molecular weight excluding hydrogens is 340 g/mol. The zero-order valence-corrected chi connectivity index (χ0v) is 14.9. The maximum absolute atomic E-state index is 13.8. The van der Waals surface area contributed by atoms with Gasteiger partial charge in [0.1, 0.15) is 11.6 Å². The van der Waals surface area contributed by atoms with E-state index in [4.69, 9.17) is 5.11 Å². The molecule has 0 bridgehead atoms. The van der Waals surface area contributed by atoms with Crippen LogP contribution < -0.4 is 10.6 Å². The maximum Gasteiger partial charge on any atom is 0.315 e. The first-order valence-corrected chi connectivity index (χ1v) is 9.32. The number of rotatable bonds is 7. The van der Waals surface area contributed by atoms with Crippen LogP contribution in [0.1, 0.15) is 37.7 Å². The molecule has 1 aromatic carbocycles. The fourth-order valence-corrected chi connectivity index (χ4v) is 3.66. The molecule has 2 fully saturated rings. The molecule has 1 atom stereocenters. The number of nitrogens with zero attached hydrogens (tertiary/aromatic N) is 1. The van der Waals surface area contributed by atoms with Crippen molar-refractivity contribution in [2.75, 3.05) is 26.2 Å². The highest BCUT2D eigenvalue weighted by Crippen LogP contribution is 2.47. The van der Waals surface area contributed by atoms with Crippen molar-refractivity contribution in [2.45, 2.75) is 44.7 Å². The second-order valence-electron chi connectivity index (χ2n) is 7.58. The molecule has 144 valence electrons. The Bertz CT molecular complexity index is 617. The summed E-state index contributed by atoms with van der Waals surface area (Å²) in [5.41, 5.74) is 0.157. The Morgan fingerprint density at radius 1 is 1.31 bits per heavy atom. The fraction of sp³-hybridized carbons (Fsp3) is 0.632. The third kappa shape index (κ3) is 4.92. The Hall–Kier alpha value is -1.73. The van der Waals surface area contributed by atoms with Gasteiger partial charge in [-0.05, 0) is 56.2 Å². The molecule has 1 saturated carbocycles. The molecule has 3 N–H and O–H groups in total. The van der Waals surface area contributed by atoms with E-state index in [2.05, 4.69) is 10.6 Å². The Morgan fingerprint density at radius 3 is 2.69 bits per heavy atom. The standard InChI is InChI=1S/C19H27F2N3O2/c20-16-4-1-5-17(21)15(16)12-24-9-2-3-14(11-24)23-18(26)22-13-19(6-7-19)8-10-25/h1,4-5,14,25H,2-3,6-13H2,(H2,22,23,26). The summed E-state index contributed by atoms with van der Waals surface area (Å²) in [4.78, 5) is 14.1. The summed E-state index contributed by atoms with van der Waals surface area (Å²) in [6.45, 7) is 2.26. The van der Waals surface area contributed by atoms with Gasteiger partial charge in [-0.15, -0.1) is 0 Å². The molecule has 2 amide bonds. The number of aliphatic hydroxyl groups is 1. The second-order valence-corrected chi connectivity index (χ2v) is 7.58. The zero-order valence-electron chi connectivity index (χ0n) is 14.9. The van der Waals surface area contributed by atoms with Crippen LogP contribution in [0.5, 0.6) is 0 Å². The largest absolute Gasteiger partial charge is 0.396 e. The Kier molecular flexibility index (Phi) is 6.09. The van der Waals surface area contributed by atoms with Crippen molar-refractivity contribution in [3.05, 3.63) is 35.4 Å². The van der Waals surface area contributed by atoms with Crippen molar-refractivity contribution in [3.63, 3.8) is 0 Å². The normalized spacial score (nSPS) is 22.0. The third-order valence-electron chi connectivity index (χ3n) is 5.51. The Balaban J connectivity index is 1.47. The SMILES string of the molecule is O=C(NCC1(CCO)CC1)NC1CCCN(Cc2c(F)cccc2F)C1. The van der Waals surface area contributed by atoms with Gasteiger partial charge < -0.3 is 15.7 Å². The number of benzene rings is 1. The van der Waals surface area contributed by atoms with Crippen molar-refractivity contribution in [2.24, 2.45) is 5.41 Å². The van der Waals surface area contributed by atoms with E-state index in [0.29, 0.717) is 13.1 Å². The molecule has 0 radical (unpaired) electrons. The summed E-state index contributed by atoms with van der Waals surface area (Å²) in [5, 5.41) is 14.9. The van der Waals surface area contributed by atoms with Gasteiger partial charge in [-0.2, -0.15) is 0 Å². The van der Waals surface area contributed by atoms with Crippen LogP contribution in [0.15, 0.2) is 18.2 Å². The van der Waals surface area contributed by atoms with Crippen LogP contribution >= 0.6 is 0 Å². The minimum Gasteiger partial charge on any atom is -0.396 e. The molecule has 2 aliphatic rings. The number of likely N-dealkylation sites (tertiary alicyclic amines) is 1. The first-order chi connectivity index (χ1) is 12.5.